The summed E-state index contributed by atoms with van der Waals surface area (Å²) in [6, 6.07) is 6.02. The van der Waals surface area contributed by atoms with E-state index in [4.69, 9.17) is 4.74 Å². The lowest BCUT2D eigenvalue weighted by Gasteiger charge is -2.26. The molecule has 1 aliphatic rings. The number of nitrogens with zero attached hydrogens (tertiary/aromatic N) is 1. The molecule has 106 valence electrons. The van der Waals surface area contributed by atoms with Crippen LogP contribution in [-0.2, 0) is 14.8 Å². The summed E-state index contributed by atoms with van der Waals surface area (Å²) in [5.41, 5.74) is 0. The number of phenols is 1. The summed E-state index contributed by atoms with van der Waals surface area (Å²) >= 11 is 0. The molecule has 6 heteroatoms. The standard InChI is InChI=1S/C13H19NO4S/c1-14(10-11-6-8-18-9-7-11)19(16,17)13-5-3-2-4-12(13)15/h2-5,11,15H,6-10H2,1H3. The van der Waals surface area contributed by atoms with Gasteiger partial charge >= 0.3 is 0 Å². The zero-order valence-corrected chi connectivity index (χ0v) is 11.8. The summed E-state index contributed by atoms with van der Waals surface area (Å²) in [6.45, 7) is 1.84. The van der Waals surface area contributed by atoms with Crippen LogP contribution in [0.4, 0.5) is 0 Å². The number of phenolic OH excluding ortho intramolecular Hbond substituents is 1. The first-order valence-electron chi connectivity index (χ1n) is 6.34. The molecule has 1 aliphatic heterocycles. The molecule has 0 unspecified atom stereocenters. The molecular weight excluding hydrogens is 266 g/mol. The van der Waals surface area contributed by atoms with Gasteiger partial charge in [-0.05, 0) is 30.9 Å². The van der Waals surface area contributed by atoms with E-state index in [0.29, 0.717) is 25.7 Å². The second-order valence-corrected chi connectivity index (χ2v) is 6.82. The third-order valence-electron chi connectivity index (χ3n) is 3.41. The molecule has 0 bridgehead atoms. The van der Waals surface area contributed by atoms with Crippen LogP contribution in [0, 0.1) is 5.92 Å². The summed E-state index contributed by atoms with van der Waals surface area (Å²) in [5.74, 6) is 0.112. The second-order valence-electron chi connectivity index (χ2n) is 4.81. The van der Waals surface area contributed by atoms with Crippen LogP contribution in [0.25, 0.3) is 0 Å². The van der Waals surface area contributed by atoms with Crippen LogP contribution in [0.1, 0.15) is 12.8 Å². The molecule has 0 saturated carbocycles. The quantitative estimate of drug-likeness (QED) is 0.909. The Labute approximate surface area is 113 Å². The number of ether oxygens (including phenoxy) is 1. The number of rotatable bonds is 4. The molecule has 0 radical (unpaired) electrons. The summed E-state index contributed by atoms with van der Waals surface area (Å²) in [6.07, 6.45) is 1.75. The lowest BCUT2D eigenvalue weighted by molar-refractivity contribution is 0.0620. The lowest BCUT2D eigenvalue weighted by atomic mass is 10.0. The van der Waals surface area contributed by atoms with Crippen molar-refractivity contribution in [2.45, 2.75) is 17.7 Å². The predicted molar refractivity (Wildman–Crippen MR) is 71.5 cm³/mol. The molecule has 1 aromatic rings. The van der Waals surface area contributed by atoms with Gasteiger partial charge in [-0.3, -0.25) is 0 Å². The SMILES string of the molecule is CN(CC1CCOCC1)S(=O)(=O)c1ccccc1O. The van der Waals surface area contributed by atoms with E-state index in [1.54, 1.807) is 19.2 Å². The van der Waals surface area contributed by atoms with Crippen molar-refractivity contribution in [1.29, 1.82) is 0 Å². The number of aromatic hydroxyl groups is 1. The van der Waals surface area contributed by atoms with Gasteiger partial charge in [-0.25, -0.2) is 12.7 Å². The summed E-state index contributed by atoms with van der Waals surface area (Å²) in [4.78, 5) is -0.0374. The largest absolute Gasteiger partial charge is 0.507 e. The molecule has 1 heterocycles. The first kappa shape index (κ1) is 14.3. The van der Waals surface area contributed by atoms with E-state index < -0.39 is 10.0 Å². The molecule has 0 aliphatic carbocycles. The maximum Gasteiger partial charge on any atom is 0.246 e. The molecule has 2 rings (SSSR count). The number of hydrogen-bond acceptors (Lipinski definition) is 4. The fourth-order valence-electron chi connectivity index (χ4n) is 2.23. The van der Waals surface area contributed by atoms with Crippen LogP contribution >= 0.6 is 0 Å². The van der Waals surface area contributed by atoms with Crippen molar-refractivity contribution >= 4 is 10.0 Å². The van der Waals surface area contributed by atoms with Gasteiger partial charge < -0.3 is 9.84 Å². The highest BCUT2D eigenvalue weighted by Crippen LogP contribution is 2.26. The van der Waals surface area contributed by atoms with Gasteiger partial charge in [0.1, 0.15) is 10.6 Å². The molecule has 0 amide bonds. The molecule has 0 spiro atoms. The summed E-state index contributed by atoms with van der Waals surface area (Å²) < 4.78 is 31.3. The summed E-state index contributed by atoms with van der Waals surface area (Å²) in [5, 5.41) is 9.68. The maximum atomic E-state index is 12.4. The van der Waals surface area contributed by atoms with Crippen molar-refractivity contribution in [3.05, 3.63) is 24.3 Å². The second kappa shape index (κ2) is 5.90. The highest BCUT2D eigenvalue weighted by atomic mass is 32.2. The molecule has 1 N–H and O–H groups in total. The number of para-hydroxylation sites is 1. The van der Waals surface area contributed by atoms with Crippen LogP contribution < -0.4 is 0 Å². The van der Waals surface area contributed by atoms with Crippen LogP contribution in [-0.4, -0.2) is 44.6 Å². The van der Waals surface area contributed by atoms with Gasteiger partial charge in [-0.15, -0.1) is 0 Å². The Bertz CT molecular complexity index is 523. The van der Waals surface area contributed by atoms with Gasteiger partial charge in [0.25, 0.3) is 0 Å². The molecule has 5 nitrogen and oxygen atoms in total. The third-order valence-corrected chi connectivity index (χ3v) is 5.28. The minimum atomic E-state index is -3.63. The normalized spacial score (nSPS) is 17.8. The topological polar surface area (TPSA) is 66.8 Å². The van der Waals surface area contributed by atoms with Crippen LogP contribution in [0.2, 0.25) is 0 Å². The van der Waals surface area contributed by atoms with Gasteiger partial charge in [-0.1, -0.05) is 12.1 Å². The van der Waals surface area contributed by atoms with E-state index in [-0.39, 0.29) is 10.6 Å². The zero-order chi connectivity index (χ0) is 13.9. The van der Waals surface area contributed by atoms with Gasteiger partial charge in [0.2, 0.25) is 10.0 Å². The average molecular weight is 285 g/mol. The lowest BCUT2D eigenvalue weighted by Crippen LogP contribution is -2.34. The van der Waals surface area contributed by atoms with Crippen LogP contribution in [0.3, 0.4) is 0 Å². The average Bonchev–Trinajstić information content (AvgIpc) is 2.40. The summed E-state index contributed by atoms with van der Waals surface area (Å²) in [7, 11) is -2.07. The van der Waals surface area contributed by atoms with Crippen LogP contribution in [0.5, 0.6) is 5.75 Å². The third kappa shape index (κ3) is 3.26. The van der Waals surface area contributed by atoms with Crippen molar-refractivity contribution in [1.82, 2.24) is 4.31 Å². The first-order chi connectivity index (χ1) is 9.01. The van der Waals surface area contributed by atoms with Crippen molar-refractivity contribution in [2.24, 2.45) is 5.92 Å². The monoisotopic (exact) mass is 285 g/mol. The molecule has 1 saturated heterocycles. The predicted octanol–water partition coefficient (Wildman–Crippen LogP) is 1.44. The molecule has 1 fully saturated rings. The van der Waals surface area contributed by atoms with Crippen molar-refractivity contribution in [2.75, 3.05) is 26.8 Å². The molecule has 1 aromatic carbocycles. The Balaban J connectivity index is 2.13. The zero-order valence-electron chi connectivity index (χ0n) is 10.9. The fraction of sp³-hybridized carbons (Fsp3) is 0.538. The van der Waals surface area contributed by atoms with Gasteiger partial charge in [0.05, 0.1) is 0 Å². The molecular formula is C13H19NO4S. The fourth-order valence-corrected chi connectivity index (χ4v) is 3.56. The molecule has 0 atom stereocenters. The van der Waals surface area contributed by atoms with Crippen LogP contribution in [0.15, 0.2) is 29.2 Å². The van der Waals surface area contributed by atoms with E-state index in [1.165, 1.54) is 16.4 Å². The van der Waals surface area contributed by atoms with E-state index in [0.717, 1.165) is 12.8 Å². The Morgan fingerprint density at radius 3 is 2.58 bits per heavy atom. The molecule has 19 heavy (non-hydrogen) atoms. The Morgan fingerprint density at radius 1 is 1.32 bits per heavy atom. The Morgan fingerprint density at radius 2 is 1.95 bits per heavy atom. The molecule has 0 aromatic heterocycles. The smallest absolute Gasteiger partial charge is 0.246 e. The minimum absolute atomic E-state index is 0.0374. The van der Waals surface area contributed by atoms with Gasteiger partial charge in [0.15, 0.2) is 0 Å². The first-order valence-corrected chi connectivity index (χ1v) is 7.78. The number of hydrogen-bond donors (Lipinski definition) is 1. The minimum Gasteiger partial charge on any atom is -0.507 e. The van der Waals surface area contributed by atoms with E-state index >= 15 is 0 Å². The van der Waals surface area contributed by atoms with Crippen molar-refractivity contribution < 1.29 is 18.3 Å². The van der Waals surface area contributed by atoms with E-state index in [9.17, 15) is 13.5 Å². The number of sulfonamides is 1. The Hall–Kier alpha value is -1.11. The van der Waals surface area contributed by atoms with Gasteiger partial charge in [-0.2, -0.15) is 0 Å². The van der Waals surface area contributed by atoms with E-state index in [1.807, 2.05) is 0 Å². The van der Waals surface area contributed by atoms with Crippen molar-refractivity contribution in [3.8, 4) is 5.75 Å². The Kier molecular flexibility index (Phi) is 4.44. The maximum absolute atomic E-state index is 12.4. The van der Waals surface area contributed by atoms with Gasteiger partial charge in [0, 0.05) is 26.8 Å². The number of benzene rings is 1. The highest BCUT2D eigenvalue weighted by molar-refractivity contribution is 7.89. The highest BCUT2D eigenvalue weighted by Gasteiger charge is 2.26. The van der Waals surface area contributed by atoms with Crippen molar-refractivity contribution in [3.63, 3.8) is 0 Å². The van der Waals surface area contributed by atoms with E-state index in [2.05, 4.69) is 0 Å².